The van der Waals surface area contributed by atoms with E-state index in [1.165, 1.54) is 17.5 Å². The minimum absolute atomic E-state index is 0.0180. The van der Waals surface area contributed by atoms with Gasteiger partial charge in [0.05, 0.1) is 17.4 Å². The number of H-pyrrole nitrogens is 1. The highest BCUT2D eigenvalue weighted by molar-refractivity contribution is 7.08. The fourth-order valence-electron chi connectivity index (χ4n) is 2.31. The molecule has 1 aliphatic heterocycles. The minimum atomic E-state index is -0.173. The van der Waals surface area contributed by atoms with E-state index in [4.69, 9.17) is 5.73 Å². The number of aromatic amines is 1. The third-order valence-electron chi connectivity index (χ3n) is 3.50. The number of nitrogens with two attached hydrogens (primary N) is 1. The van der Waals surface area contributed by atoms with Gasteiger partial charge in [0.1, 0.15) is 5.69 Å². The van der Waals surface area contributed by atoms with Gasteiger partial charge in [-0.25, -0.2) is 0 Å². The van der Waals surface area contributed by atoms with Crippen molar-refractivity contribution in [3.63, 3.8) is 0 Å². The molecule has 2 amide bonds. The van der Waals surface area contributed by atoms with Crippen molar-refractivity contribution in [2.75, 3.05) is 31.9 Å². The zero-order valence-electron chi connectivity index (χ0n) is 11.3. The zero-order chi connectivity index (χ0) is 14.8. The maximum atomic E-state index is 12.3. The Morgan fingerprint density at radius 3 is 2.38 bits per heavy atom. The molecule has 0 saturated carbocycles. The summed E-state index contributed by atoms with van der Waals surface area (Å²) >= 11 is 1.50. The Labute approximate surface area is 125 Å². The van der Waals surface area contributed by atoms with Crippen molar-refractivity contribution in [2.24, 2.45) is 0 Å². The molecule has 0 aliphatic carbocycles. The average Bonchev–Trinajstić information content (AvgIpc) is 3.17. The first kappa shape index (κ1) is 13.6. The van der Waals surface area contributed by atoms with E-state index in [0.717, 1.165) is 0 Å². The van der Waals surface area contributed by atoms with E-state index in [2.05, 4.69) is 10.2 Å². The lowest BCUT2D eigenvalue weighted by atomic mass is 10.2. The molecule has 110 valence electrons. The molecular formula is C13H15N5O2S. The number of thiophene rings is 1. The number of nitrogen functional groups attached to an aromatic ring is 1. The smallest absolute Gasteiger partial charge is 0.274 e. The average molecular weight is 305 g/mol. The van der Waals surface area contributed by atoms with Gasteiger partial charge in [-0.1, -0.05) is 0 Å². The summed E-state index contributed by atoms with van der Waals surface area (Å²) in [7, 11) is 0. The maximum Gasteiger partial charge on any atom is 0.274 e. The van der Waals surface area contributed by atoms with Gasteiger partial charge < -0.3 is 15.5 Å². The lowest BCUT2D eigenvalue weighted by Crippen LogP contribution is -2.50. The lowest BCUT2D eigenvalue weighted by molar-refractivity contribution is 0.0533. The zero-order valence-corrected chi connectivity index (χ0v) is 12.1. The summed E-state index contributed by atoms with van der Waals surface area (Å²) in [5.41, 5.74) is 7.05. The quantitative estimate of drug-likeness (QED) is 0.851. The van der Waals surface area contributed by atoms with Crippen LogP contribution in [0.1, 0.15) is 20.8 Å². The second-order valence-corrected chi connectivity index (χ2v) is 5.58. The van der Waals surface area contributed by atoms with Gasteiger partial charge >= 0.3 is 0 Å². The topological polar surface area (TPSA) is 95.3 Å². The highest BCUT2D eigenvalue weighted by Gasteiger charge is 2.27. The molecule has 2 aromatic rings. The van der Waals surface area contributed by atoms with E-state index in [1.807, 2.05) is 16.8 Å². The van der Waals surface area contributed by atoms with Crippen LogP contribution in [0.5, 0.6) is 0 Å². The van der Waals surface area contributed by atoms with E-state index >= 15 is 0 Å². The van der Waals surface area contributed by atoms with Crippen LogP contribution in [0.25, 0.3) is 0 Å². The van der Waals surface area contributed by atoms with Crippen molar-refractivity contribution in [1.29, 1.82) is 0 Å². The summed E-state index contributed by atoms with van der Waals surface area (Å²) in [4.78, 5) is 27.9. The van der Waals surface area contributed by atoms with Crippen LogP contribution in [0, 0.1) is 0 Å². The Balaban J connectivity index is 1.62. The predicted molar refractivity (Wildman–Crippen MR) is 79.1 cm³/mol. The second-order valence-electron chi connectivity index (χ2n) is 4.80. The van der Waals surface area contributed by atoms with E-state index in [1.54, 1.807) is 9.80 Å². The minimum Gasteiger partial charge on any atom is -0.396 e. The molecule has 3 rings (SSSR count). The number of nitrogens with zero attached hydrogens (tertiary/aromatic N) is 3. The van der Waals surface area contributed by atoms with Crippen molar-refractivity contribution in [3.05, 3.63) is 34.3 Å². The van der Waals surface area contributed by atoms with Crippen LogP contribution in [0.3, 0.4) is 0 Å². The molecule has 3 N–H and O–H groups in total. The van der Waals surface area contributed by atoms with E-state index in [0.29, 0.717) is 43.1 Å². The Hall–Kier alpha value is -2.35. The summed E-state index contributed by atoms with van der Waals surface area (Å²) in [5, 5.41) is 10.1. The maximum absolute atomic E-state index is 12.3. The van der Waals surface area contributed by atoms with Crippen molar-refractivity contribution in [3.8, 4) is 0 Å². The number of anilines is 1. The second kappa shape index (κ2) is 5.57. The van der Waals surface area contributed by atoms with Crippen molar-refractivity contribution >= 4 is 28.8 Å². The number of carbonyl (C=O) groups excluding carboxylic acids is 2. The summed E-state index contributed by atoms with van der Waals surface area (Å²) in [6.07, 6.45) is 1.42. The van der Waals surface area contributed by atoms with Gasteiger partial charge in [-0.05, 0) is 11.4 Å². The first-order valence-corrected chi connectivity index (χ1v) is 7.50. The molecule has 8 heteroatoms. The number of aromatic nitrogens is 2. The Morgan fingerprint density at radius 1 is 1.19 bits per heavy atom. The fourth-order valence-corrected chi connectivity index (χ4v) is 2.94. The third kappa shape index (κ3) is 2.62. The van der Waals surface area contributed by atoms with Gasteiger partial charge in [-0.2, -0.15) is 16.4 Å². The Kier molecular flexibility index (Phi) is 3.61. The molecule has 21 heavy (non-hydrogen) atoms. The van der Waals surface area contributed by atoms with Crippen LogP contribution in [0.15, 0.2) is 23.0 Å². The van der Waals surface area contributed by atoms with Crippen LogP contribution in [-0.4, -0.2) is 58.0 Å². The highest BCUT2D eigenvalue weighted by Crippen LogP contribution is 2.15. The van der Waals surface area contributed by atoms with Crippen LogP contribution in [0.4, 0.5) is 5.69 Å². The molecule has 2 aromatic heterocycles. The number of piperazine rings is 1. The molecule has 0 radical (unpaired) electrons. The largest absolute Gasteiger partial charge is 0.396 e. The molecule has 3 heterocycles. The van der Waals surface area contributed by atoms with Crippen LogP contribution in [-0.2, 0) is 0 Å². The first-order chi connectivity index (χ1) is 10.2. The molecule has 0 unspecified atom stereocenters. The van der Waals surface area contributed by atoms with Gasteiger partial charge in [0.15, 0.2) is 0 Å². The molecule has 0 atom stereocenters. The number of carbonyl (C=O) groups is 2. The van der Waals surface area contributed by atoms with E-state index < -0.39 is 0 Å². The normalized spacial score (nSPS) is 15.2. The third-order valence-corrected chi connectivity index (χ3v) is 4.19. The molecular weight excluding hydrogens is 290 g/mol. The first-order valence-electron chi connectivity index (χ1n) is 6.56. The van der Waals surface area contributed by atoms with E-state index in [9.17, 15) is 9.59 Å². The molecule has 1 saturated heterocycles. The molecule has 0 aromatic carbocycles. The van der Waals surface area contributed by atoms with Crippen LogP contribution in [0.2, 0.25) is 0 Å². The summed E-state index contributed by atoms with van der Waals surface area (Å²) < 4.78 is 0. The van der Waals surface area contributed by atoms with Gasteiger partial charge in [0, 0.05) is 31.6 Å². The Morgan fingerprint density at radius 2 is 1.86 bits per heavy atom. The molecule has 0 bridgehead atoms. The van der Waals surface area contributed by atoms with Crippen molar-refractivity contribution < 1.29 is 9.59 Å². The number of hydrogen-bond acceptors (Lipinski definition) is 5. The Bertz CT molecular complexity index is 643. The number of hydrogen-bond donors (Lipinski definition) is 2. The van der Waals surface area contributed by atoms with Crippen LogP contribution >= 0.6 is 11.3 Å². The summed E-state index contributed by atoms with van der Waals surface area (Å²) in [6, 6.07) is 1.82. The van der Waals surface area contributed by atoms with Crippen molar-refractivity contribution in [1.82, 2.24) is 20.0 Å². The highest BCUT2D eigenvalue weighted by atomic mass is 32.1. The number of rotatable bonds is 2. The molecule has 1 aliphatic rings. The summed E-state index contributed by atoms with van der Waals surface area (Å²) in [6.45, 7) is 2.03. The van der Waals surface area contributed by atoms with Gasteiger partial charge in [0.2, 0.25) is 0 Å². The van der Waals surface area contributed by atoms with Crippen molar-refractivity contribution in [2.45, 2.75) is 0 Å². The number of amides is 2. The number of nitrogens with one attached hydrogen (secondary N) is 1. The monoisotopic (exact) mass is 305 g/mol. The van der Waals surface area contributed by atoms with Gasteiger partial charge in [-0.3, -0.25) is 14.7 Å². The lowest BCUT2D eigenvalue weighted by Gasteiger charge is -2.34. The molecule has 1 fully saturated rings. The molecule has 7 nitrogen and oxygen atoms in total. The summed E-state index contributed by atoms with van der Waals surface area (Å²) in [5.74, 6) is -0.156. The SMILES string of the molecule is Nc1cn[nH]c1C(=O)N1CCN(C(=O)c2ccsc2)CC1. The van der Waals surface area contributed by atoms with Gasteiger partial charge in [-0.15, -0.1) is 0 Å². The van der Waals surface area contributed by atoms with Crippen LogP contribution < -0.4 is 5.73 Å². The standard InChI is InChI=1S/C13H15N5O2S/c14-10-7-15-16-11(10)13(20)18-4-2-17(3-5-18)12(19)9-1-6-21-8-9/h1,6-8H,2-5,14H2,(H,15,16). The fraction of sp³-hybridized carbons (Fsp3) is 0.308. The van der Waals surface area contributed by atoms with Gasteiger partial charge in [0.25, 0.3) is 11.8 Å². The molecule has 0 spiro atoms. The van der Waals surface area contributed by atoms with E-state index in [-0.39, 0.29) is 11.8 Å². The predicted octanol–water partition coefficient (Wildman–Crippen LogP) is 0.652.